The van der Waals surface area contributed by atoms with E-state index in [4.69, 9.17) is 10.00 Å². The first-order chi connectivity index (χ1) is 9.12. The number of fused-ring (bicyclic) bond motifs is 1. The van der Waals surface area contributed by atoms with E-state index in [1.165, 1.54) is 10.6 Å². The highest BCUT2D eigenvalue weighted by atomic mass is 19.1. The molecule has 0 atom stereocenters. The van der Waals surface area contributed by atoms with Gasteiger partial charge in [0, 0.05) is 5.56 Å². The summed E-state index contributed by atoms with van der Waals surface area (Å²) in [5, 5.41) is 12.9. The van der Waals surface area contributed by atoms with Crippen LogP contribution in [0.2, 0.25) is 0 Å². The van der Waals surface area contributed by atoms with E-state index in [-0.39, 0.29) is 17.9 Å². The Morgan fingerprint density at radius 1 is 1.58 bits per heavy atom. The van der Waals surface area contributed by atoms with Gasteiger partial charge in [0.25, 0.3) is 0 Å². The first-order valence-corrected chi connectivity index (χ1v) is 5.90. The Morgan fingerprint density at radius 2 is 2.32 bits per heavy atom. The van der Waals surface area contributed by atoms with Gasteiger partial charge in [-0.15, -0.1) is 0 Å². The van der Waals surface area contributed by atoms with Crippen LogP contribution in [0.5, 0.6) is 0 Å². The van der Waals surface area contributed by atoms with Gasteiger partial charge in [0.1, 0.15) is 6.07 Å². The molecule has 19 heavy (non-hydrogen) atoms. The average molecular weight is 261 g/mol. The van der Waals surface area contributed by atoms with Crippen LogP contribution in [0, 0.1) is 17.1 Å². The third-order valence-electron chi connectivity index (χ3n) is 2.77. The van der Waals surface area contributed by atoms with Gasteiger partial charge < -0.3 is 4.74 Å². The summed E-state index contributed by atoms with van der Waals surface area (Å²) in [7, 11) is 0. The number of carbonyl (C=O) groups is 1. The van der Waals surface area contributed by atoms with Crippen LogP contribution >= 0.6 is 0 Å². The molecular formula is C13H12FN3O2. The second kappa shape index (κ2) is 5.06. The van der Waals surface area contributed by atoms with Gasteiger partial charge in [-0.1, -0.05) is 6.92 Å². The molecule has 2 rings (SSSR count). The van der Waals surface area contributed by atoms with Gasteiger partial charge in [0.2, 0.25) is 0 Å². The minimum absolute atomic E-state index is 0.0718. The Labute approximate surface area is 109 Å². The summed E-state index contributed by atoms with van der Waals surface area (Å²) < 4.78 is 19.7. The molecule has 0 saturated heterocycles. The summed E-state index contributed by atoms with van der Waals surface area (Å²) in [6, 6.07) is 3.16. The molecule has 0 aliphatic rings. The van der Waals surface area contributed by atoms with Crippen LogP contribution in [0.15, 0.2) is 12.3 Å². The zero-order chi connectivity index (χ0) is 14.0. The van der Waals surface area contributed by atoms with Crippen LogP contribution in [-0.2, 0) is 11.2 Å². The molecule has 0 aliphatic heterocycles. The third-order valence-corrected chi connectivity index (χ3v) is 2.77. The van der Waals surface area contributed by atoms with Gasteiger partial charge in [0.05, 0.1) is 23.9 Å². The van der Waals surface area contributed by atoms with Crippen LogP contribution in [-0.4, -0.2) is 22.2 Å². The zero-order valence-electron chi connectivity index (χ0n) is 10.6. The monoisotopic (exact) mass is 261 g/mol. The van der Waals surface area contributed by atoms with Gasteiger partial charge >= 0.3 is 5.97 Å². The molecule has 0 N–H and O–H groups in total. The summed E-state index contributed by atoms with van der Waals surface area (Å²) in [6.45, 7) is 3.80. The third kappa shape index (κ3) is 2.15. The van der Waals surface area contributed by atoms with E-state index in [1.54, 1.807) is 13.0 Å². The molecule has 0 amide bonds. The number of aryl methyl sites for hydroxylation is 1. The number of hydrogen-bond acceptors (Lipinski definition) is 4. The van der Waals surface area contributed by atoms with E-state index >= 15 is 0 Å². The van der Waals surface area contributed by atoms with Crippen LogP contribution < -0.4 is 0 Å². The highest BCUT2D eigenvalue weighted by molar-refractivity contribution is 5.91. The molecule has 0 radical (unpaired) electrons. The van der Waals surface area contributed by atoms with Crippen molar-refractivity contribution in [1.29, 1.82) is 5.26 Å². The van der Waals surface area contributed by atoms with Crippen molar-refractivity contribution in [2.75, 3.05) is 6.61 Å². The number of esters is 1. The van der Waals surface area contributed by atoms with Crippen molar-refractivity contribution in [3.8, 4) is 6.07 Å². The normalized spacial score (nSPS) is 10.4. The molecular weight excluding hydrogens is 249 g/mol. The smallest absolute Gasteiger partial charge is 0.359 e. The lowest BCUT2D eigenvalue weighted by molar-refractivity contribution is 0.0518. The molecule has 0 saturated carbocycles. The number of carbonyl (C=O) groups excluding carboxylic acids is 1. The topological polar surface area (TPSA) is 67.4 Å². The zero-order valence-corrected chi connectivity index (χ0v) is 10.6. The molecule has 2 aromatic heterocycles. The minimum Gasteiger partial charge on any atom is -0.461 e. The van der Waals surface area contributed by atoms with Gasteiger partial charge in [-0.25, -0.2) is 13.7 Å². The lowest BCUT2D eigenvalue weighted by atomic mass is 10.1. The van der Waals surface area contributed by atoms with E-state index in [1.807, 2.05) is 6.92 Å². The molecule has 2 aromatic rings. The quantitative estimate of drug-likeness (QED) is 0.793. The number of pyridine rings is 1. The molecule has 0 bridgehead atoms. The fourth-order valence-electron chi connectivity index (χ4n) is 1.91. The fourth-order valence-corrected chi connectivity index (χ4v) is 1.91. The standard InChI is InChI=1S/C13H12FN3O2/c1-3-9-11-5-8(6-15)10(14)7-17(11)16-12(9)13(18)19-4-2/h5,7H,3-4H2,1-2H3. The lowest BCUT2D eigenvalue weighted by Crippen LogP contribution is -2.07. The lowest BCUT2D eigenvalue weighted by Gasteiger charge is -2.00. The Morgan fingerprint density at radius 3 is 2.89 bits per heavy atom. The van der Waals surface area contributed by atoms with E-state index in [9.17, 15) is 9.18 Å². The number of ether oxygens (including phenoxy) is 1. The molecule has 2 heterocycles. The van der Waals surface area contributed by atoms with Gasteiger partial charge in [-0.3, -0.25) is 0 Å². The molecule has 0 fully saturated rings. The molecule has 98 valence electrons. The number of nitriles is 1. The number of hydrogen-bond donors (Lipinski definition) is 0. The van der Waals surface area contributed by atoms with Crippen molar-refractivity contribution < 1.29 is 13.9 Å². The van der Waals surface area contributed by atoms with E-state index in [2.05, 4.69) is 5.10 Å². The molecule has 0 spiro atoms. The maximum Gasteiger partial charge on any atom is 0.359 e. The summed E-state index contributed by atoms with van der Waals surface area (Å²) in [4.78, 5) is 11.8. The number of nitrogens with zero attached hydrogens (tertiary/aromatic N) is 3. The summed E-state index contributed by atoms with van der Waals surface area (Å²) in [5.74, 6) is -1.21. The van der Waals surface area contributed by atoms with Crippen LogP contribution in [0.1, 0.15) is 35.5 Å². The highest BCUT2D eigenvalue weighted by Gasteiger charge is 2.20. The predicted octanol–water partition coefficient (Wildman–Crippen LogP) is 2.08. The van der Waals surface area contributed by atoms with Crippen molar-refractivity contribution >= 4 is 11.5 Å². The first-order valence-electron chi connectivity index (χ1n) is 5.90. The van der Waals surface area contributed by atoms with Crippen LogP contribution in [0.3, 0.4) is 0 Å². The Hall–Kier alpha value is -2.42. The first kappa shape index (κ1) is 13.0. The molecule has 0 unspecified atom stereocenters. The van der Waals surface area contributed by atoms with Crippen molar-refractivity contribution in [2.45, 2.75) is 20.3 Å². The van der Waals surface area contributed by atoms with E-state index in [0.717, 1.165) is 6.20 Å². The Bertz CT molecular complexity index is 685. The van der Waals surface area contributed by atoms with Crippen LogP contribution in [0.4, 0.5) is 4.39 Å². The van der Waals surface area contributed by atoms with Crippen LogP contribution in [0.25, 0.3) is 5.52 Å². The number of halogens is 1. The second-order valence-electron chi connectivity index (χ2n) is 3.88. The van der Waals surface area contributed by atoms with Crippen molar-refractivity contribution in [2.24, 2.45) is 0 Å². The van der Waals surface area contributed by atoms with Gasteiger partial charge in [-0.05, 0) is 19.4 Å². The van der Waals surface area contributed by atoms with Crippen molar-refractivity contribution in [3.05, 3.63) is 34.9 Å². The molecule has 0 aliphatic carbocycles. The maximum absolute atomic E-state index is 13.5. The fraction of sp³-hybridized carbons (Fsp3) is 0.308. The van der Waals surface area contributed by atoms with Crippen molar-refractivity contribution in [1.82, 2.24) is 9.61 Å². The maximum atomic E-state index is 13.5. The van der Waals surface area contributed by atoms with Gasteiger partial charge in [-0.2, -0.15) is 10.4 Å². The Balaban J connectivity index is 2.68. The Kier molecular flexibility index (Phi) is 3.47. The second-order valence-corrected chi connectivity index (χ2v) is 3.88. The predicted molar refractivity (Wildman–Crippen MR) is 65.2 cm³/mol. The van der Waals surface area contributed by atoms with Gasteiger partial charge in [0.15, 0.2) is 11.5 Å². The van der Waals surface area contributed by atoms with Crippen molar-refractivity contribution in [3.63, 3.8) is 0 Å². The minimum atomic E-state index is -0.671. The molecule has 6 heteroatoms. The summed E-state index contributed by atoms with van der Waals surface area (Å²) in [6.07, 6.45) is 1.63. The summed E-state index contributed by atoms with van der Waals surface area (Å²) in [5.41, 5.74) is 1.29. The number of rotatable bonds is 3. The average Bonchev–Trinajstić information content (AvgIpc) is 2.75. The molecule has 5 nitrogen and oxygen atoms in total. The SMILES string of the molecule is CCOC(=O)c1nn2cc(F)c(C#N)cc2c1CC. The highest BCUT2D eigenvalue weighted by Crippen LogP contribution is 2.20. The van der Waals surface area contributed by atoms with E-state index in [0.29, 0.717) is 17.5 Å². The number of aromatic nitrogens is 2. The summed E-state index contributed by atoms with van der Waals surface area (Å²) >= 11 is 0. The molecule has 0 aromatic carbocycles. The largest absolute Gasteiger partial charge is 0.461 e. The van der Waals surface area contributed by atoms with E-state index < -0.39 is 11.8 Å².